The van der Waals surface area contributed by atoms with Crippen LogP contribution in [0.25, 0.3) is 0 Å². The van der Waals surface area contributed by atoms with E-state index in [4.69, 9.17) is 5.84 Å². The molecular weight excluding hydrogens is 130 g/mol. The van der Waals surface area contributed by atoms with Gasteiger partial charge in [0, 0.05) is 19.6 Å². The van der Waals surface area contributed by atoms with Crippen LogP contribution in [0.2, 0.25) is 0 Å². The van der Waals surface area contributed by atoms with E-state index >= 15 is 0 Å². The van der Waals surface area contributed by atoms with E-state index in [-0.39, 0.29) is 12.1 Å². The summed E-state index contributed by atoms with van der Waals surface area (Å²) in [5.41, 5.74) is 0. The summed E-state index contributed by atoms with van der Waals surface area (Å²) < 4.78 is 0. The van der Waals surface area contributed by atoms with Gasteiger partial charge in [-0.25, -0.2) is 5.01 Å². The number of hydrogen-bond donors (Lipinski definition) is 3. The summed E-state index contributed by atoms with van der Waals surface area (Å²) in [7, 11) is 0. The van der Waals surface area contributed by atoms with E-state index in [2.05, 4.69) is 5.32 Å². The van der Waals surface area contributed by atoms with Crippen molar-refractivity contribution in [3.8, 4) is 0 Å². The first-order valence-corrected chi connectivity index (χ1v) is 3.62. The van der Waals surface area contributed by atoms with E-state index in [9.17, 15) is 5.11 Å². The lowest BCUT2D eigenvalue weighted by atomic mass is 10.1. The highest BCUT2D eigenvalue weighted by Gasteiger charge is 2.22. The van der Waals surface area contributed by atoms with Crippen molar-refractivity contribution < 1.29 is 5.11 Å². The van der Waals surface area contributed by atoms with Crippen LogP contribution in [-0.2, 0) is 0 Å². The Kier molecular flexibility index (Phi) is 2.62. The summed E-state index contributed by atoms with van der Waals surface area (Å²) in [6.45, 7) is 4.28. The maximum atomic E-state index is 9.19. The molecule has 0 aromatic rings. The molecule has 60 valence electrons. The van der Waals surface area contributed by atoms with Crippen molar-refractivity contribution in [1.29, 1.82) is 0 Å². The van der Waals surface area contributed by atoms with Crippen molar-refractivity contribution in [3.05, 3.63) is 0 Å². The summed E-state index contributed by atoms with van der Waals surface area (Å²) in [4.78, 5) is 0. The van der Waals surface area contributed by atoms with Crippen LogP contribution in [0.15, 0.2) is 0 Å². The Morgan fingerprint density at radius 3 is 2.90 bits per heavy atom. The minimum absolute atomic E-state index is 0.0775. The van der Waals surface area contributed by atoms with Crippen molar-refractivity contribution in [2.75, 3.05) is 19.6 Å². The van der Waals surface area contributed by atoms with Gasteiger partial charge in [-0.3, -0.25) is 5.84 Å². The zero-order chi connectivity index (χ0) is 7.56. The highest BCUT2D eigenvalue weighted by atomic mass is 16.3. The molecule has 1 rings (SSSR count). The summed E-state index contributed by atoms with van der Waals surface area (Å²) in [6.07, 6.45) is -0.349. The summed E-state index contributed by atoms with van der Waals surface area (Å²) in [5.74, 6) is 5.61. The Bertz CT molecular complexity index is 107. The van der Waals surface area contributed by atoms with E-state index in [0.717, 1.165) is 19.6 Å². The minimum atomic E-state index is -0.349. The number of aliphatic hydroxyl groups is 1. The summed E-state index contributed by atoms with van der Waals surface area (Å²) in [6, 6.07) is 0.0775. The molecule has 2 unspecified atom stereocenters. The Labute approximate surface area is 61.0 Å². The van der Waals surface area contributed by atoms with Crippen LogP contribution in [-0.4, -0.2) is 41.9 Å². The second-order valence-corrected chi connectivity index (χ2v) is 2.75. The van der Waals surface area contributed by atoms with Gasteiger partial charge < -0.3 is 10.4 Å². The van der Waals surface area contributed by atoms with Crippen LogP contribution in [0.1, 0.15) is 6.92 Å². The zero-order valence-corrected chi connectivity index (χ0v) is 6.25. The number of hydrazine groups is 1. The van der Waals surface area contributed by atoms with Crippen LogP contribution in [0.3, 0.4) is 0 Å². The fraction of sp³-hybridized carbons (Fsp3) is 1.00. The van der Waals surface area contributed by atoms with Gasteiger partial charge in [-0.1, -0.05) is 0 Å². The molecule has 0 aliphatic carbocycles. The quantitative estimate of drug-likeness (QED) is 0.394. The Hall–Kier alpha value is -0.160. The van der Waals surface area contributed by atoms with Crippen LogP contribution < -0.4 is 11.2 Å². The number of nitrogens with two attached hydrogens (primary N) is 1. The molecule has 1 fully saturated rings. The first-order chi connectivity index (χ1) is 4.72. The van der Waals surface area contributed by atoms with Gasteiger partial charge >= 0.3 is 0 Å². The zero-order valence-electron chi connectivity index (χ0n) is 6.25. The lowest BCUT2D eigenvalue weighted by Gasteiger charge is -2.34. The molecule has 10 heavy (non-hydrogen) atoms. The molecule has 4 nitrogen and oxygen atoms in total. The SMILES string of the molecule is CC(O)C1CNCCN1N. The molecule has 0 aromatic carbocycles. The predicted octanol–water partition coefficient (Wildman–Crippen LogP) is -1.49. The summed E-state index contributed by atoms with van der Waals surface area (Å²) in [5, 5.41) is 14.0. The fourth-order valence-electron chi connectivity index (χ4n) is 1.19. The van der Waals surface area contributed by atoms with Gasteiger partial charge in [-0.2, -0.15) is 0 Å². The highest BCUT2D eigenvalue weighted by Crippen LogP contribution is 2.01. The van der Waals surface area contributed by atoms with E-state index < -0.39 is 0 Å². The molecule has 1 aliphatic heterocycles. The molecule has 0 radical (unpaired) electrons. The van der Waals surface area contributed by atoms with Gasteiger partial charge in [-0.15, -0.1) is 0 Å². The fourth-order valence-corrected chi connectivity index (χ4v) is 1.19. The lowest BCUT2D eigenvalue weighted by Crippen LogP contribution is -2.58. The van der Waals surface area contributed by atoms with Crippen molar-refractivity contribution in [3.63, 3.8) is 0 Å². The number of aliphatic hydroxyl groups excluding tert-OH is 1. The Balaban J connectivity index is 2.40. The third-order valence-electron chi connectivity index (χ3n) is 1.88. The van der Waals surface area contributed by atoms with Crippen LogP contribution in [0.5, 0.6) is 0 Å². The third kappa shape index (κ3) is 1.67. The predicted molar refractivity (Wildman–Crippen MR) is 39.2 cm³/mol. The first-order valence-electron chi connectivity index (χ1n) is 3.62. The molecule has 0 amide bonds. The Morgan fingerprint density at radius 2 is 2.50 bits per heavy atom. The second kappa shape index (κ2) is 3.30. The van der Waals surface area contributed by atoms with E-state index in [1.807, 2.05) is 0 Å². The van der Waals surface area contributed by atoms with Gasteiger partial charge in [0.25, 0.3) is 0 Å². The maximum absolute atomic E-state index is 9.19. The largest absolute Gasteiger partial charge is 0.392 e. The minimum Gasteiger partial charge on any atom is -0.392 e. The molecule has 1 aliphatic rings. The van der Waals surface area contributed by atoms with Gasteiger partial charge in [0.2, 0.25) is 0 Å². The molecule has 0 spiro atoms. The average Bonchev–Trinajstić information content (AvgIpc) is 1.88. The van der Waals surface area contributed by atoms with Crippen molar-refractivity contribution in [2.45, 2.75) is 19.1 Å². The third-order valence-corrected chi connectivity index (χ3v) is 1.88. The molecule has 0 bridgehead atoms. The smallest absolute Gasteiger partial charge is 0.0693 e. The second-order valence-electron chi connectivity index (χ2n) is 2.75. The molecule has 2 atom stereocenters. The topological polar surface area (TPSA) is 61.5 Å². The normalized spacial score (nSPS) is 32.1. The number of piperazine rings is 1. The van der Waals surface area contributed by atoms with E-state index in [1.165, 1.54) is 0 Å². The molecule has 1 saturated heterocycles. The van der Waals surface area contributed by atoms with E-state index in [0.29, 0.717) is 0 Å². The van der Waals surface area contributed by atoms with Gasteiger partial charge in [0.05, 0.1) is 12.1 Å². The van der Waals surface area contributed by atoms with Crippen molar-refractivity contribution >= 4 is 0 Å². The molecule has 4 N–H and O–H groups in total. The van der Waals surface area contributed by atoms with Gasteiger partial charge in [0.15, 0.2) is 0 Å². The maximum Gasteiger partial charge on any atom is 0.0693 e. The number of rotatable bonds is 1. The van der Waals surface area contributed by atoms with Crippen LogP contribution >= 0.6 is 0 Å². The average molecular weight is 145 g/mol. The molecule has 0 saturated carbocycles. The standard InChI is InChI=1S/C6H15N3O/c1-5(10)6-4-8-2-3-9(6)7/h5-6,8,10H,2-4,7H2,1H3. The molecular formula is C6H15N3O. The Morgan fingerprint density at radius 1 is 1.80 bits per heavy atom. The van der Waals surface area contributed by atoms with Gasteiger partial charge in [-0.05, 0) is 6.92 Å². The number of nitrogens with one attached hydrogen (secondary N) is 1. The number of nitrogens with zero attached hydrogens (tertiary/aromatic N) is 1. The highest BCUT2D eigenvalue weighted by molar-refractivity contribution is 4.79. The van der Waals surface area contributed by atoms with Crippen LogP contribution in [0, 0.1) is 0 Å². The first kappa shape index (κ1) is 7.94. The number of hydrogen-bond acceptors (Lipinski definition) is 4. The monoisotopic (exact) mass is 145 g/mol. The van der Waals surface area contributed by atoms with Crippen LogP contribution in [0.4, 0.5) is 0 Å². The van der Waals surface area contributed by atoms with Crippen molar-refractivity contribution in [2.24, 2.45) is 5.84 Å². The molecule has 4 heteroatoms. The van der Waals surface area contributed by atoms with Gasteiger partial charge in [0.1, 0.15) is 0 Å². The molecule has 0 aromatic heterocycles. The van der Waals surface area contributed by atoms with Crippen molar-refractivity contribution in [1.82, 2.24) is 10.3 Å². The molecule has 1 heterocycles. The summed E-state index contributed by atoms with van der Waals surface area (Å²) >= 11 is 0. The lowest BCUT2D eigenvalue weighted by molar-refractivity contribution is 0.0453. The van der Waals surface area contributed by atoms with E-state index in [1.54, 1.807) is 11.9 Å².